The highest BCUT2D eigenvalue weighted by Crippen LogP contribution is 2.16. The van der Waals surface area contributed by atoms with Crippen LogP contribution in [0.1, 0.15) is 12.7 Å². The molecule has 1 aromatic carbocycles. The Morgan fingerprint density at radius 3 is 2.48 bits per heavy atom. The lowest BCUT2D eigenvalue weighted by atomic mass is 10.2. The highest BCUT2D eigenvalue weighted by atomic mass is 32.2. The van der Waals surface area contributed by atoms with Gasteiger partial charge in [0.2, 0.25) is 5.91 Å². The van der Waals surface area contributed by atoms with Gasteiger partial charge in [-0.1, -0.05) is 5.16 Å². The summed E-state index contributed by atoms with van der Waals surface area (Å²) in [7, 11) is 3.84. The van der Waals surface area contributed by atoms with Crippen LogP contribution in [-0.4, -0.2) is 54.6 Å². The van der Waals surface area contributed by atoms with E-state index in [2.05, 4.69) is 15.8 Å². The second-order valence-electron chi connectivity index (χ2n) is 6.42. The Balaban J connectivity index is 1.67. The van der Waals surface area contributed by atoms with Gasteiger partial charge in [0.05, 0.1) is 11.0 Å². The van der Waals surface area contributed by atoms with Crippen LogP contribution in [0.25, 0.3) is 0 Å². The molecule has 0 fully saturated rings. The molecule has 0 aliphatic carbocycles. The summed E-state index contributed by atoms with van der Waals surface area (Å²) in [5.41, 5.74) is 1.61. The lowest BCUT2D eigenvalue weighted by Crippen LogP contribution is -2.25. The van der Waals surface area contributed by atoms with E-state index in [1.807, 2.05) is 31.1 Å². The molecule has 29 heavy (non-hydrogen) atoms. The Kier molecular flexibility index (Phi) is 8.08. The standard InChI is InChI=1S/C19H24N4O5S/c1-12-9-16(22-28-12)21-19(26)13(2)29-11-18(25)27-10-17(24)20-14-5-7-15(8-6-14)23(3)4/h5-9,13H,10-11H2,1-4H3,(H,20,24)(H,21,22,26)/t13-/m1/s1. The van der Waals surface area contributed by atoms with Gasteiger partial charge in [-0.2, -0.15) is 0 Å². The molecule has 0 aliphatic heterocycles. The van der Waals surface area contributed by atoms with Crippen LogP contribution < -0.4 is 15.5 Å². The fourth-order valence-corrected chi connectivity index (χ4v) is 2.83. The fourth-order valence-electron chi connectivity index (χ4n) is 2.15. The molecule has 0 radical (unpaired) electrons. The van der Waals surface area contributed by atoms with Crippen LogP contribution in [0.2, 0.25) is 0 Å². The van der Waals surface area contributed by atoms with Crippen molar-refractivity contribution in [2.24, 2.45) is 0 Å². The number of hydrogen-bond donors (Lipinski definition) is 2. The quantitative estimate of drug-likeness (QED) is 0.594. The number of ether oxygens (including phenoxy) is 1. The van der Waals surface area contributed by atoms with Gasteiger partial charge >= 0.3 is 5.97 Å². The Morgan fingerprint density at radius 1 is 1.21 bits per heavy atom. The molecule has 2 amide bonds. The second-order valence-corrected chi connectivity index (χ2v) is 7.74. The monoisotopic (exact) mass is 420 g/mol. The predicted molar refractivity (Wildman–Crippen MR) is 112 cm³/mol. The van der Waals surface area contributed by atoms with Crippen LogP contribution >= 0.6 is 11.8 Å². The van der Waals surface area contributed by atoms with Gasteiger partial charge in [-0.15, -0.1) is 11.8 Å². The number of rotatable bonds is 9. The van der Waals surface area contributed by atoms with Gasteiger partial charge in [0.25, 0.3) is 5.91 Å². The number of aromatic nitrogens is 1. The van der Waals surface area contributed by atoms with Crippen molar-refractivity contribution in [3.8, 4) is 0 Å². The average Bonchev–Trinajstić information content (AvgIpc) is 3.09. The number of aryl methyl sites for hydroxylation is 1. The summed E-state index contributed by atoms with van der Waals surface area (Å²) >= 11 is 1.10. The summed E-state index contributed by atoms with van der Waals surface area (Å²) in [6.07, 6.45) is 0. The summed E-state index contributed by atoms with van der Waals surface area (Å²) in [4.78, 5) is 37.7. The lowest BCUT2D eigenvalue weighted by molar-refractivity contribution is -0.144. The highest BCUT2D eigenvalue weighted by molar-refractivity contribution is 8.01. The molecule has 2 aromatic rings. The molecule has 1 atom stereocenters. The van der Waals surface area contributed by atoms with Crippen molar-refractivity contribution >= 4 is 46.7 Å². The SMILES string of the molecule is Cc1cc(NC(=O)[C@@H](C)SCC(=O)OCC(=O)Nc2ccc(N(C)C)cc2)no1. The van der Waals surface area contributed by atoms with Crippen LogP contribution in [0.4, 0.5) is 17.2 Å². The van der Waals surface area contributed by atoms with Gasteiger partial charge in [0.15, 0.2) is 12.4 Å². The summed E-state index contributed by atoms with van der Waals surface area (Å²) < 4.78 is 9.82. The molecule has 0 aliphatic rings. The first-order valence-corrected chi connectivity index (χ1v) is 9.88. The third-order valence-electron chi connectivity index (χ3n) is 3.73. The number of carbonyl (C=O) groups excluding carboxylic acids is 3. The fraction of sp³-hybridized carbons (Fsp3) is 0.368. The van der Waals surface area contributed by atoms with Crippen molar-refractivity contribution in [2.75, 3.05) is 42.0 Å². The van der Waals surface area contributed by atoms with Crippen LogP contribution in [-0.2, 0) is 19.1 Å². The average molecular weight is 420 g/mol. The van der Waals surface area contributed by atoms with Gasteiger partial charge in [0.1, 0.15) is 5.76 Å². The number of nitrogens with one attached hydrogen (secondary N) is 2. The summed E-state index contributed by atoms with van der Waals surface area (Å²) in [5, 5.41) is 8.41. The van der Waals surface area contributed by atoms with E-state index in [1.54, 1.807) is 32.0 Å². The van der Waals surface area contributed by atoms with Crippen LogP contribution in [0.15, 0.2) is 34.9 Å². The van der Waals surface area contributed by atoms with Crippen molar-refractivity contribution < 1.29 is 23.6 Å². The highest BCUT2D eigenvalue weighted by Gasteiger charge is 2.18. The minimum absolute atomic E-state index is 0.0583. The second kappa shape index (κ2) is 10.5. The smallest absolute Gasteiger partial charge is 0.316 e. The zero-order valence-corrected chi connectivity index (χ0v) is 17.5. The third kappa shape index (κ3) is 7.49. The first-order chi connectivity index (χ1) is 13.7. The van der Waals surface area contributed by atoms with Crippen molar-refractivity contribution in [1.29, 1.82) is 0 Å². The molecular formula is C19H24N4O5S. The van der Waals surface area contributed by atoms with Gasteiger partial charge in [-0.25, -0.2) is 0 Å². The number of amides is 2. The summed E-state index contributed by atoms with van der Waals surface area (Å²) in [6.45, 7) is 2.98. The van der Waals surface area contributed by atoms with E-state index in [1.165, 1.54) is 0 Å². The predicted octanol–water partition coefficient (Wildman–Crippen LogP) is 2.29. The molecular weight excluding hydrogens is 396 g/mol. The molecule has 1 heterocycles. The van der Waals surface area contributed by atoms with E-state index in [-0.39, 0.29) is 11.7 Å². The molecule has 156 valence electrons. The minimum atomic E-state index is -0.579. The molecule has 0 bridgehead atoms. The molecule has 2 rings (SSSR count). The number of nitrogens with zero attached hydrogens (tertiary/aromatic N) is 2. The Morgan fingerprint density at radius 2 is 1.90 bits per heavy atom. The lowest BCUT2D eigenvalue weighted by Gasteiger charge is -2.13. The van der Waals surface area contributed by atoms with Crippen molar-refractivity contribution in [3.63, 3.8) is 0 Å². The number of carbonyl (C=O) groups is 3. The van der Waals surface area contributed by atoms with Crippen LogP contribution in [0, 0.1) is 6.92 Å². The molecule has 0 saturated carbocycles. The molecule has 2 N–H and O–H groups in total. The van der Waals surface area contributed by atoms with Crippen molar-refractivity contribution in [2.45, 2.75) is 19.1 Å². The number of anilines is 3. The van der Waals surface area contributed by atoms with Gasteiger partial charge in [-0.3, -0.25) is 14.4 Å². The van der Waals surface area contributed by atoms with E-state index in [0.29, 0.717) is 17.3 Å². The third-order valence-corrected chi connectivity index (χ3v) is 4.85. The normalized spacial score (nSPS) is 11.4. The van der Waals surface area contributed by atoms with E-state index in [9.17, 15) is 14.4 Å². The summed E-state index contributed by atoms with van der Waals surface area (Å²) in [5.74, 6) is -0.487. The molecule has 9 nitrogen and oxygen atoms in total. The van der Waals surface area contributed by atoms with Crippen LogP contribution in [0.5, 0.6) is 0 Å². The van der Waals surface area contributed by atoms with E-state index in [4.69, 9.17) is 9.26 Å². The number of hydrogen-bond acceptors (Lipinski definition) is 8. The van der Waals surface area contributed by atoms with E-state index < -0.39 is 23.7 Å². The summed E-state index contributed by atoms with van der Waals surface area (Å²) in [6, 6.07) is 8.86. The van der Waals surface area contributed by atoms with Gasteiger partial charge in [0, 0.05) is 31.5 Å². The largest absolute Gasteiger partial charge is 0.455 e. The maximum absolute atomic E-state index is 12.0. The molecule has 10 heteroatoms. The zero-order chi connectivity index (χ0) is 21.4. The van der Waals surface area contributed by atoms with Gasteiger partial charge in [-0.05, 0) is 38.1 Å². The Bertz CT molecular complexity index is 851. The van der Waals surface area contributed by atoms with Gasteiger partial charge < -0.3 is 24.8 Å². The number of benzene rings is 1. The van der Waals surface area contributed by atoms with Crippen LogP contribution in [0.3, 0.4) is 0 Å². The molecule has 1 aromatic heterocycles. The minimum Gasteiger partial charge on any atom is -0.455 e. The molecule has 0 saturated heterocycles. The van der Waals surface area contributed by atoms with E-state index >= 15 is 0 Å². The van der Waals surface area contributed by atoms with E-state index in [0.717, 1.165) is 17.4 Å². The van der Waals surface area contributed by atoms with Crippen molar-refractivity contribution in [3.05, 3.63) is 36.1 Å². The first kappa shape index (κ1) is 22.3. The molecule has 0 spiro atoms. The number of esters is 1. The maximum atomic E-state index is 12.0. The number of thioether (sulfide) groups is 1. The molecule has 0 unspecified atom stereocenters. The Hall–Kier alpha value is -3.01. The zero-order valence-electron chi connectivity index (χ0n) is 16.7. The Labute approximate surface area is 173 Å². The first-order valence-electron chi connectivity index (χ1n) is 8.83. The topological polar surface area (TPSA) is 114 Å². The maximum Gasteiger partial charge on any atom is 0.316 e. The van der Waals surface area contributed by atoms with Crippen molar-refractivity contribution in [1.82, 2.24) is 5.16 Å².